The number of thioether (sulfide) groups is 1. The van der Waals surface area contributed by atoms with E-state index >= 15 is 0 Å². The fraction of sp³-hybridized carbons (Fsp3) is 0.188. The Morgan fingerprint density at radius 1 is 1.14 bits per heavy atom. The predicted octanol–water partition coefficient (Wildman–Crippen LogP) is 4.44. The van der Waals surface area contributed by atoms with E-state index < -0.39 is 0 Å². The first-order valence-corrected chi connectivity index (χ1v) is 8.62. The second-order valence-corrected chi connectivity index (χ2v) is 7.86. The molecule has 0 aliphatic heterocycles. The standard InChI is InChI=1S/C16H15N3OS2/c1-10(2)21-16-19-18-15(22-16)17-14(20)13-8-7-11-5-3-4-6-12(11)9-13/h3-10H,1-2H3,(H,17,18,20). The Kier molecular flexibility index (Phi) is 4.40. The van der Waals surface area contributed by atoms with Crippen molar-refractivity contribution in [2.75, 3.05) is 5.32 Å². The summed E-state index contributed by atoms with van der Waals surface area (Å²) < 4.78 is 0.865. The van der Waals surface area contributed by atoms with Gasteiger partial charge in [0, 0.05) is 10.8 Å². The van der Waals surface area contributed by atoms with Crippen LogP contribution in [0.4, 0.5) is 5.13 Å². The molecule has 0 aliphatic carbocycles. The van der Waals surface area contributed by atoms with Gasteiger partial charge in [0.05, 0.1) is 0 Å². The molecule has 0 saturated heterocycles. The lowest BCUT2D eigenvalue weighted by Gasteiger charge is -2.03. The molecule has 4 nitrogen and oxygen atoms in total. The number of carbonyl (C=O) groups is 1. The van der Waals surface area contributed by atoms with Crippen molar-refractivity contribution in [2.24, 2.45) is 0 Å². The Balaban J connectivity index is 1.76. The minimum atomic E-state index is -0.164. The van der Waals surface area contributed by atoms with Crippen molar-refractivity contribution in [3.63, 3.8) is 0 Å². The fourth-order valence-electron chi connectivity index (χ4n) is 2.01. The quantitative estimate of drug-likeness (QED) is 0.568. The van der Waals surface area contributed by atoms with Gasteiger partial charge >= 0.3 is 0 Å². The first-order chi connectivity index (χ1) is 10.6. The Hall–Kier alpha value is -1.92. The molecule has 0 radical (unpaired) electrons. The number of nitrogens with one attached hydrogen (secondary N) is 1. The molecule has 22 heavy (non-hydrogen) atoms. The first kappa shape index (κ1) is 15.0. The second kappa shape index (κ2) is 6.46. The van der Waals surface area contributed by atoms with Crippen LogP contribution in [0.25, 0.3) is 10.8 Å². The van der Waals surface area contributed by atoms with Gasteiger partial charge in [0.2, 0.25) is 5.13 Å². The molecule has 3 aromatic rings. The van der Waals surface area contributed by atoms with Gasteiger partial charge in [0.1, 0.15) is 0 Å². The van der Waals surface area contributed by atoms with Crippen LogP contribution in [0.5, 0.6) is 0 Å². The third-order valence-corrected chi connectivity index (χ3v) is 4.90. The molecule has 1 amide bonds. The van der Waals surface area contributed by atoms with E-state index in [4.69, 9.17) is 0 Å². The van der Waals surface area contributed by atoms with Gasteiger partial charge in [0.15, 0.2) is 4.34 Å². The zero-order valence-corrected chi connectivity index (χ0v) is 13.9. The zero-order valence-electron chi connectivity index (χ0n) is 12.2. The number of fused-ring (bicyclic) bond motifs is 1. The van der Waals surface area contributed by atoms with E-state index in [1.807, 2.05) is 42.5 Å². The average Bonchev–Trinajstić information content (AvgIpc) is 2.93. The summed E-state index contributed by atoms with van der Waals surface area (Å²) in [6.45, 7) is 4.19. The molecule has 0 atom stereocenters. The van der Waals surface area contributed by atoms with Crippen molar-refractivity contribution in [1.29, 1.82) is 0 Å². The van der Waals surface area contributed by atoms with Crippen molar-refractivity contribution >= 4 is 44.9 Å². The molecular weight excluding hydrogens is 314 g/mol. The monoisotopic (exact) mass is 329 g/mol. The summed E-state index contributed by atoms with van der Waals surface area (Å²) in [6.07, 6.45) is 0. The van der Waals surface area contributed by atoms with Crippen molar-refractivity contribution in [1.82, 2.24) is 10.2 Å². The molecular formula is C16H15N3OS2. The van der Waals surface area contributed by atoms with E-state index in [-0.39, 0.29) is 5.91 Å². The van der Waals surface area contributed by atoms with Gasteiger partial charge in [-0.1, -0.05) is 67.3 Å². The summed E-state index contributed by atoms with van der Waals surface area (Å²) in [5, 5.41) is 14.0. The van der Waals surface area contributed by atoms with Crippen LogP contribution in [0.15, 0.2) is 46.8 Å². The fourth-order valence-corrected chi connectivity index (χ4v) is 3.98. The van der Waals surface area contributed by atoms with Crippen molar-refractivity contribution in [3.8, 4) is 0 Å². The summed E-state index contributed by atoms with van der Waals surface area (Å²) in [4.78, 5) is 12.3. The molecule has 0 saturated carbocycles. The van der Waals surface area contributed by atoms with Crippen molar-refractivity contribution in [3.05, 3.63) is 48.0 Å². The van der Waals surface area contributed by atoms with Crippen LogP contribution >= 0.6 is 23.1 Å². The minimum absolute atomic E-state index is 0.164. The largest absolute Gasteiger partial charge is 0.296 e. The van der Waals surface area contributed by atoms with Crippen molar-refractivity contribution < 1.29 is 4.79 Å². The first-order valence-electron chi connectivity index (χ1n) is 6.92. The number of carbonyl (C=O) groups excluding carboxylic acids is 1. The Bertz CT molecular complexity index is 814. The second-order valence-electron chi connectivity index (χ2n) is 5.06. The molecule has 112 valence electrons. The number of rotatable bonds is 4. The maximum Gasteiger partial charge on any atom is 0.257 e. The zero-order chi connectivity index (χ0) is 15.5. The molecule has 1 N–H and O–H groups in total. The van der Waals surface area contributed by atoms with Crippen LogP contribution in [-0.2, 0) is 0 Å². The molecule has 1 heterocycles. The van der Waals surface area contributed by atoms with E-state index in [0.717, 1.165) is 15.1 Å². The lowest BCUT2D eigenvalue weighted by Crippen LogP contribution is -2.11. The molecule has 1 aromatic heterocycles. The number of nitrogens with zero attached hydrogens (tertiary/aromatic N) is 2. The van der Waals surface area contributed by atoms with Crippen LogP contribution in [0.3, 0.4) is 0 Å². The summed E-state index contributed by atoms with van der Waals surface area (Å²) in [5.41, 5.74) is 0.618. The predicted molar refractivity (Wildman–Crippen MR) is 92.8 cm³/mol. The molecule has 0 aliphatic rings. The lowest BCUT2D eigenvalue weighted by atomic mass is 10.1. The average molecular weight is 329 g/mol. The van der Waals surface area contributed by atoms with E-state index in [0.29, 0.717) is 15.9 Å². The highest BCUT2D eigenvalue weighted by Gasteiger charge is 2.11. The van der Waals surface area contributed by atoms with Gasteiger partial charge in [-0.15, -0.1) is 10.2 Å². The van der Waals surface area contributed by atoms with E-state index in [1.54, 1.807) is 11.8 Å². The van der Waals surface area contributed by atoms with Gasteiger partial charge < -0.3 is 0 Å². The number of amides is 1. The number of benzene rings is 2. The topological polar surface area (TPSA) is 54.9 Å². The Morgan fingerprint density at radius 3 is 2.68 bits per heavy atom. The molecule has 0 bridgehead atoms. The van der Waals surface area contributed by atoms with Crippen LogP contribution < -0.4 is 5.32 Å². The number of hydrogen-bond donors (Lipinski definition) is 1. The van der Waals surface area contributed by atoms with Gasteiger partial charge in [-0.05, 0) is 22.9 Å². The maximum atomic E-state index is 12.3. The highest BCUT2D eigenvalue weighted by atomic mass is 32.2. The molecule has 0 unspecified atom stereocenters. The maximum absolute atomic E-state index is 12.3. The van der Waals surface area contributed by atoms with Crippen molar-refractivity contribution in [2.45, 2.75) is 23.4 Å². The summed E-state index contributed by atoms with van der Waals surface area (Å²) in [7, 11) is 0. The van der Waals surface area contributed by atoms with Crippen LogP contribution in [-0.4, -0.2) is 21.4 Å². The third kappa shape index (κ3) is 3.45. The smallest absolute Gasteiger partial charge is 0.257 e. The highest BCUT2D eigenvalue weighted by molar-refractivity contribution is 8.01. The van der Waals surface area contributed by atoms with Gasteiger partial charge in [-0.25, -0.2) is 0 Å². The normalized spacial score (nSPS) is 11.0. The van der Waals surface area contributed by atoms with E-state index in [2.05, 4.69) is 29.4 Å². The highest BCUT2D eigenvalue weighted by Crippen LogP contribution is 2.28. The number of aromatic nitrogens is 2. The number of anilines is 1. The third-order valence-electron chi connectivity index (χ3n) is 2.98. The minimum Gasteiger partial charge on any atom is -0.296 e. The molecule has 6 heteroatoms. The van der Waals surface area contributed by atoms with Crippen LogP contribution in [0.2, 0.25) is 0 Å². The van der Waals surface area contributed by atoms with E-state index in [9.17, 15) is 4.79 Å². The number of hydrogen-bond acceptors (Lipinski definition) is 5. The van der Waals surface area contributed by atoms with Crippen LogP contribution in [0.1, 0.15) is 24.2 Å². The Labute approximate surface area is 137 Å². The summed E-state index contributed by atoms with van der Waals surface area (Å²) >= 11 is 3.03. The van der Waals surface area contributed by atoms with Gasteiger partial charge in [-0.3, -0.25) is 10.1 Å². The molecule has 0 fully saturated rings. The molecule has 2 aromatic carbocycles. The lowest BCUT2D eigenvalue weighted by molar-refractivity contribution is 0.102. The Morgan fingerprint density at radius 2 is 1.91 bits per heavy atom. The molecule has 3 rings (SSSR count). The summed E-state index contributed by atoms with van der Waals surface area (Å²) in [5.74, 6) is -0.164. The molecule has 0 spiro atoms. The van der Waals surface area contributed by atoms with Gasteiger partial charge in [0.25, 0.3) is 5.91 Å². The van der Waals surface area contributed by atoms with Crippen LogP contribution in [0, 0.1) is 0 Å². The SMILES string of the molecule is CC(C)Sc1nnc(NC(=O)c2ccc3ccccc3c2)s1. The summed E-state index contributed by atoms with van der Waals surface area (Å²) in [6, 6.07) is 13.6. The van der Waals surface area contributed by atoms with Gasteiger partial charge in [-0.2, -0.15) is 0 Å². The van der Waals surface area contributed by atoms with E-state index in [1.165, 1.54) is 11.3 Å².